The number of aromatic nitrogens is 1. The van der Waals surface area contributed by atoms with Crippen LogP contribution in [0.15, 0.2) is 48.7 Å². The van der Waals surface area contributed by atoms with Gasteiger partial charge in [0.15, 0.2) is 0 Å². The highest BCUT2D eigenvalue weighted by atomic mass is 35.5. The summed E-state index contributed by atoms with van der Waals surface area (Å²) < 4.78 is 70.0. The average molecular weight is 531 g/mol. The lowest BCUT2D eigenvalue weighted by atomic mass is 10.2. The molecular formula is C23H20ClF5N4O3. The molecule has 2 aromatic carbocycles. The first-order valence-electron chi connectivity index (χ1n) is 10.5. The normalized spacial score (nSPS) is 11.3. The zero-order chi connectivity index (χ0) is 26.3. The summed E-state index contributed by atoms with van der Waals surface area (Å²) in [5.41, 5.74) is 0.235. The van der Waals surface area contributed by atoms with Crippen molar-refractivity contribution in [2.45, 2.75) is 19.1 Å². The van der Waals surface area contributed by atoms with Gasteiger partial charge in [-0.25, -0.2) is 23.4 Å². The van der Waals surface area contributed by atoms with E-state index >= 15 is 0 Å². The van der Waals surface area contributed by atoms with Crippen LogP contribution < -0.4 is 10.6 Å². The van der Waals surface area contributed by atoms with Crippen molar-refractivity contribution in [3.8, 4) is 0 Å². The lowest BCUT2D eigenvalue weighted by molar-refractivity contribution is -0.136. The fraction of sp³-hybridized carbons (Fsp3) is 0.261. The predicted molar refractivity (Wildman–Crippen MR) is 123 cm³/mol. The molecule has 3 rings (SSSR count). The second-order valence-electron chi connectivity index (χ2n) is 7.55. The highest BCUT2D eigenvalue weighted by Gasteiger charge is 2.29. The van der Waals surface area contributed by atoms with Gasteiger partial charge in [0.25, 0.3) is 0 Å². The number of hydrogen-bond acceptors (Lipinski definition) is 4. The molecule has 1 aromatic heterocycles. The van der Waals surface area contributed by atoms with Crippen LogP contribution in [0.3, 0.4) is 0 Å². The third-order valence-corrected chi connectivity index (χ3v) is 5.35. The molecule has 0 radical (unpaired) electrons. The van der Waals surface area contributed by atoms with Gasteiger partial charge in [0.05, 0.1) is 18.0 Å². The molecule has 0 aliphatic heterocycles. The molecule has 0 bridgehead atoms. The number of halogens is 6. The Labute approximate surface area is 207 Å². The Morgan fingerprint density at radius 2 is 1.83 bits per heavy atom. The van der Waals surface area contributed by atoms with Crippen LogP contribution in [0.2, 0.25) is 5.02 Å². The van der Waals surface area contributed by atoms with Crippen LogP contribution in [-0.4, -0.2) is 47.9 Å². The zero-order valence-electron chi connectivity index (χ0n) is 18.5. The van der Waals surface area contributed by atoms with Crippen molar-refractivity contribution < 1.29 is 36.3 Å². The Balaban J connectivity index is 1.55. The Hall–Kier alpha value is -3.67. The third kappa shape index (κ3) is 7.94. The van der Waals surface area contributed by atoms with E-state index in [-0.39, 0.29) is 29.5 Å². The molecule has 0 atom stereocenters. The summed E-state index contributed by atoms with van der Waals surface area (Å²) in [6.45, 7) is -1.72. The lowest BCUT2D eigenvalue weighted by Crippen LogP contribution is -2.43. The van der Waals surface area contributed by atoms with E-state index in [1.54, 1.807) is 0 Å². The Morgan fingerprint density at radius 1 is 1.06 bits per heavy atom. The minimum Gasteiger partial charge on any atom is -0.447 e. The number of pyridine rings is 1. The molecule has 36 heavy (non-hydrogen) atoms. The molecule has 0 spiro atoms. The summed E-state index contributed by atoms with van der Waals surface area (Å²) in [5, 5.41) is 5.60. The summed E-state index contributed by atoms with van der Waals surface area (Å²) in [5.74, 6) is -1.11. The second kappa shape index (κ2) is 11.8. The first kappa shape index (κ1) is 26.9. The van der Waals surface area contributed by atoms with Crippen molar-refractivity contribution in [1.29, 1.82) is 0 Å². The average Bonchev–Trinajstić information content (AvgIpc) is 2.81. The van der Waals surface area contributed by atoms with Crippen LogP contribution >= 0.6 is 11.6 Å². The smallest absolute Gasteiger partial charge is 0.412 e. The van der Waals surface area contributed by atoms with Crippen molar-refractivity contribution in [3.05, 3.63) is 70.9 Å². The van der Waals surface area contributed by atoms with Crippen molar-refractivity contribution in [2.75, 3.05) is 25.0 Å². The summed E-state index contributed by atoms with van der Waals surface area (Å²) in [4.78, 5) is 29.3. The largest absolute Gasteiger partial charge is 0.447 e. The van der Waals surface area contributed by atoms with E-state index in [0.717, 1.165) is 11.0 Å². The van der Waals surface area contributed by atoms with Crippen molar-refractivity contribution >= 4 is 40.3 Å². The summed E-state index contributed by atoms with van der Waals surface area (Å²) >= 11 is 5.83. The number of anilines is 1. The zero-order valence-corrected chi connectivity index (χ0v) is 19.3. The number of carbonyl (C=O) groups is 2. The number of benzene rings is 2. The summed E-state index contributed by atoms with van der Waals surface area (Å²) in [7, 11) is 0. The van der Waals surface area contributed by atoms with E-state index in [1.807, 2.05) is 0 Å². The number of amides is 3. The van der Waals surface area contributed by atoms with Crippen LogP contribution in [-0.2, 0) is 11.3 Å². The topological polar surface area (TPSA) is 83.6 Å². The van der Waals surface area contributed by atoms with E-state index in [2.05, 4.69) is 15.6 Å². The minimum atomic E-state index is -4.52. The number of nitrogens with one attached hydrogen (secondary N) is 2. The number of nitrogens with zero attached hydrogens (tertiary/aromatic N) is 2. The van der Waals surface area contributed by atoms with Crippen LogP contribution in [0.4, 0.5) is 37.4 Å². The maximum Gasteiger partial charge on any atom is 0.412 e. The fourth-order valence-corrected chi connectivity index (χ4v) is 3.31. The number of alkyl halides is 3. The lowest BCUT2D eigenvalue weighted by Gasteiger charge is -2.23. The van der Waals surface area contributed by atoms with E-state index in [4.69, 9.17) is 16.3 Å². The van der Waals surface area contributed by atoms with E-state index in [9.17, 15) is 31.5 Å². The van der Waals surface area contributed by atoms with Crippen LogP contribution in [0.5, 0.6) is 0 Å². The van der Waals surface area contributed by atoms with Crippen LogP contribution in [0, 0.1) is 11.6 Å². The van der Waals surface area contributed by atoms with Gasteiger partial charge in [-0.05, 0) is 41.3 Å². The highest BCUT2D eigenvalue weighted by molar-refractivity contribution is 6.31. The van der Waals surface area contributed by atoms with Gasteiger partial charge in [-0.1, -0.05) is 23.7 Å². The van der Waals surface area contributed by atoms with Gasteiger partial charge in [0.2, 0.25) is 0 Å². The molecule has 0 aliphatic rings. The van der Waals surface area contributed by atoms with Gasteiger partial charge in [-0.15, -0.1) is 0 Å². The summed E-state index contributed by atoms with van der Waals surface area (Å²) in [6.07, 6.45) is -5.37. The standard InChI is InChI=1S/C23H20ClF5N4O3/c24-20-15(2-1-3-18(20)26)13-31-21(34)33(7-6-23(27,28)29)8-9-36-22(35)32-19-11-16-10-17(25)5-4-14(16)12-30-19/h1-5,10-12H,6-9,13H2,(H,31,34)(H,30,32,35). The molecule has 192 valence electrons. The van der Waals surface area contributed by atoms with E-state index < -0.39 is 49.5 Å². The monoisotopic (exact) mass is 530 g/mol. The van der Waals surface area contributed by atoms with Gasteiger partial charge >= 0.3 is 18.3 Å². The maximum absolute atomic E-state index is 13.6. The Bertz CT molecular complexity index is 1240. The molecule has 1 heterocycles. The number of ether oxygens (including phenoxy) is 1. The van der Waals surface area contributed by atoms with E-state index in [0.29, 0.717) is 10.8 Å². The predicted octanol–water partition coefficient (Wildman–Crippen LogP) is 5.88. The molecule has 0 unspecified atom stereocenters. The molecule has 2 N–H and O–H groups in total. The number of hydrogen-bond donors (Lipinski definition) is 2. The molecule has 13 heteroatoms. The van der Waals surface area contributed by atoms with Gasteiger partial charge in [-0.2, -0.15) is 13.2 Å². The van der Waals surface area contributed by atoms with Crippen LogP contribution in [0.1, 0.15) is 12.0 Å². The first-order chi connectivity index (χ1) is 17.0. The molecule has 0 saturated carbocycles. The SMILES string of the molecule is O=C(Nc1cc2cc(F)ccc2cn1)OCCN(CCC(F)(F)F)C(=O)NCc1cccc(F)c1Cl. The van der Waals surface area contributed by atoms with Gasteiger partial charge in [-0.3, -0.25) is 5.32 Å². The number of fused-ring (bicyclic) bond motifs is 1. The minimum absolute atomic E-state index is 0.0664. The Kier molecular flexibility index (Phi) is 8.86. The molecule has 0 fully saturated rings. The van der Waals surface area contributed by atoms with Crippen LogP contribution in [0.25, 0.3) is 10.8 Å². The molecule has 3 amide bonds. The van der Waals surface area contributed by atoms with Crippen molar-refractivity contribution in [2.24, 2.45) is 0 Å². The van der Waals surface area contributed by atoms with Gasteiger partial charge < -0.3 is 15.0 Å². The van der Waals surface area contributed by atoms with Crippen molar-refractivity contribution in [3.63, 3.8) is 0 Å². The molecule has 7 nitrogen and oxygen atoms in total. The molecule has 0 saturated heterocycles. The number of rotatable bonds is 8. The summed E-state index contributed by atoms with van der Waals surface area (Å²) in [6, 6.07) is 8.51. The number of carbonyl (C=O) groups excluding carboxylic acids is 2. The molecule has 0 aliphatic carbocycles. The molecular weight excluding hydrogens is 511 g/mol. The fourth-order valence-electron chi connectivity index (χ4n) is 3.11. The highest BCUT2D eigenvalue weighted by Crippen LogP contribution is 2.21. The Morgan fingerprint density at radius 3 is 2.58 bits per heavy atom. The number of urea groups is 1. The maximum atomic E-state index is 13.6. The van der Waals surface area contributed by atoms with Gasteiger partial charge in [0, 0.05) is 24.7 Å². The van der Waals surface area contributed by atoms with Gasteiger partial charge in [0.1, 0.15) is 24.1 Å². The quantitative estimate of drug-likeness (QED) is 0.356. The second-order valence-corrected chi connectivity index (χ2v) is 7.92. The third-order valence-electron chi connectivity index (χ3n) is 4.92. The van der Waals surface area contributed by atoms with E-state index in [1.165, 1.54) is 42.6 Å². The first-order valence-corrected chi connectivity index (χ1v) is 10.9. The van der Waals surface area contributed by atoms with Crippen molar-refractivity contribution in [1.82, 2.24) is 15.2 Å². The molecule has 3 aromatic rings.